The second-order valence-electron chi connectivity index (χ2n) is 2.88. The first-order chi connectivity index (χ1) is 6.52. The van der Waals surface area contributed by atoms with Gasteiger partial charge in [0.25, 0.3) is 0 Å². The van der Waals surface area contributed by atoms with Gasteiger partial charge in [0.2, 0.25) is 6.20 Å². The van der Waals surface area contributed by atoms with E-state index in [1.165, 1.54) is 6.07 Å². The number of hydrogen-bond donors (Lipinski definition) is 4. The van der Waals surface area contributed by atoms with Crippen LogP contribution >= 0.6 is 0 Å². The lowest BCUT2D eigenvalue weighted by Crippen LogP contribution is -2.35. The number of nitrogen functional groups attached to an aromatic ring is 2. The predicted octanol–water partition coefficient (Wildman–Crippen LogP) is -0.618. The van der Waals surface area contributed by atoms with E-state index >= 15 is 0 Å². The molecule has 0 saturated heterocycles. The fraction of sp³-hybridized carbons (Fsp3) is 0. The van der Waals surface area contributed by atoms with Crippen LogP contribution in [0.2, 0.25) is 0 Å². The number of anilines is 2. The Bertz CT molecular complexity index is 519. The molecule has 0 aliphatic heterocycles. The molecule has 0 bridgehead atoms. The van der Waals surface area contributed by atoms with E-state index in [0.717, 1.165) is 6.20 Å². The van der Waals surface area contributed by atoms with Gasteiger partial charge in [-0.05, 0) is 4.85 Å². The zero-order valence-electron chi connectivity index (χ0n) is 7.01. The summed E-state index contributed by atoms with van der Waals surface area (Å²) in [5, 5.41) is 29.8. The second kappa shape index (κ2) is 2.34. The summed E-state index contributed by atoms with van der Waals surface area (Å²) in [6.07, 6.45) is 1.00. The van der Waals surface area contributed by atoms with Crippen LogP contribution in [0.3, 0.4) is 0 Å². The summed E-state index contributed by atoms with van der Waals surface area (Å²) in [7, 11) is 0. The third-order valence-corrected chi connectivity index (χ3v) is 2.02. The third kappa shape index (κ3) is 0.830. The molecule has 2 rings (SSSR count). The Labute approximate surface area is 77.9 Å². The van der Waals surface area contributed by atoms with E-state index in [4.69, 9.17) is 11.5 Å². The van der Waals surface area contributed by atoms with Gasteiger partial charge in [0.15, 0.2) is 5.52 Å². The maximum atomic E-state index is 11.0. The van der Waals surface area contributed by atoms with E-state index in [9.17, 15) is 15.5 Å². The Morgan fingerprint density at radius 2 is 2.07 bits per heavy atom. The number of nitrogens with zero attached hydrogens (tertiary/aromatic N) is 2. The van der Waals surface area contributed by atoms with Gasteiger partial charge in [-0.1, -0.05) is 0 Å². The molecular weight excluding hydrogens is 188 g/mol. The van der Waals surface area contributed by atoms with Crippen molar-refractivity contribution in [2.45, 2.75) is 0 Å². The number of phenolic OH excluding ortho intramolecular Hbond substituents is 1. The van der Waals surface area contributed by atoms with Crippen LogP contribution in [0.5, 0.6) is 5.75 Å². The lowest BCUT2D eigenvalue weighted by Gasteiger charge is -2.01. The molecule has 0 spiro atoms. The molecule has 1 heterocycles. The van der Waals surface area contributed by atoms with Crippen LogP contribution in [0, 0.1) is 5.21 Å². The summed E-state index contributed by atoms with van der Waals surface area (Å²) >= 11 is 0. The lowest BCUT2D eigenvalue weighted by molar-refractivity contribution is -0.722. The molecule has 1 aromatic carbocycles. The topological polar surface area (TPSA) is 124 Å². The first-order valence-corrected chi connectivity index (χ1v) is 3.73. The molecule has 7 nitrogen and oxygen atoms in total. The second-order valence-corrected chi connectivity index (χ2v) is 2.88. The molecule has 14 heavy (non-hydrogen) atoms. The molecule has 0 saturated carbocycles. The number of fused-ring (bicyclic) bond motifs is 1. The standard InChI is InChI=1S/C7H8N4O3/c8-4-1-5(12)3-2-10(13)11(14)7(3)6(4)9/h1-2,12,14H,8-9H2. The molecule has 0 unspecified atom stereocenters. The van der Waals surface area contributed by atoms with Crippen molar-refractivity contribution in [3.63, 3.8) is 0 Å². The van der Waals surface area contributed by atoms with Crippen LogP contribution in [0.25, 0.3) is 10.9 Å². The van der Waals surface area contributed by atoms with Gasteiger partial charge in [0, 0.05) is 10.9 Å². The molecule has 74 valence electrons. The minimum absolute atomic E-state index is 0.00231. The molecule has 0 amide bonds. The molecule has 0 radical (unpaired) electrons. The summed E-state index contributed by atoms with van der Waals surface area (Å²) in [4.78, 5) is 0.418. The lowest BCUT2D eigenvalue weighted by atomic mass is 10.2. The minimum Gasteiger partial charge on any atom is -0.594 e. The van der Waals surface area contributed by atoms with Gasteiger partial charge in [0.1, 0.15) is 11.1 Å². The minimum atomic E-state index is -0.205. The van der Waals surface area contributed by atoms with Crippen LogP contribution < -0.4 is 16.3 Å². The van der Waals surface area contributed by atoms with Gasteiger partial charge in [-0.3, -0.25) is 0 Å². The highest BCUT2D eigenvalue weighted by atomic mass is 16.6. The first kappa shape index (κ1) is 8.30. The SMILES string of the molecule is Nc1cc(O)c2c[n+]([O-])n(O)c2c1N. The number of phenols is 1. The van der Waals surface area contributed by atoms with Crippen molar-refractivity contribution >= 4 is 22.3 Å². The number of benzene rings is 1. The van der Waals surface area contributed by atoms with Crippen molar-refractivity contribution in [2.75, 3.05) is 11.5 Å². The average Bonchev–Trinajstić information content (AvgIpc) is 2.41. The average molecular weight is 196 g/mol. The molecule has 6 N–H and O–H groups in total. The quantitative estimate of drug-likeness (QED) is 0.147. The van der Waals surface area contributed by atoms with Crippen molar-refractivity contribution in [2.24, 2.45) is 0 Å². The van der Waals surface area contributed by atoms with Crippen LogP contribution in [-0.2, 0) is 0 Å². The van der Waals surface area contributed by atoms with Gasteiger partial charge in [0.05, 0.1) is 11.4 Å². The van der Waals surface area contributed by atoms with Gasteiger partial charge < -0.3 is 27.0 Å². The zero-order chi connectivity index (χ0) is 10.5. The Balaban J connectivity index is 3.03. The summed E-state index contributed by atoms with van der Waals surface area (Å²) in [5.41, 5.74) is 11.1. The Morgan fingerprint density at radius 1 is 1.43 bits per heavy atom. The number of rotatable bonds is 0. The summed E-state index contributed by atoms with van der Waals surface area (Å²) in [5.74, 6) is -0.205. The van der Waals surface area contributed by atoms with Gasteiger partial charge in [-0.2, -0.15) is 0 Å². The van der Waals surface area contributed by atoms with E-state index in [1.54, 1.807) is 0 Å². The van der Waals surface area contributed by atoms with Crippen molar-refractivity contribution in [1.82, 2.24) is 4.85 Å². The van der Waals surface area contributed by atoms with Gasteiger partial charge >= 0.3 is 0 Å². The van der Waals surface area contributed by atoms with Crippen LogP contribution in [0.1, 0.15) is 0 Å². The summed E-state index contributed by atoms with van der Waals surface area (Å²) < 4.78 is 0. The zero-order valence-corrected chi connectivity index (χ0v) is 7.01. The van der Waals surface area contributed by atoms with Crippen molar-refractivity contribution in [3.8, 4) is 5.75 Å². The molecule has 2 aromatic rings. The van der Waals surface area contributed by atoms with E-state index in [1.807, 2.05) is 0 Å². The highest BCUT2D eigenvalue weighted by Crippen LogP contribution is 2.32. The summed E-state index contributed by atoms with van der Waals surface area (Å²) in [6.45, 7) is 0. The number of aromatic nitrogens is 2. The predicted molar refractivity (Wildman–Crippen MR) is 48.6 cm³/mol. The number of nitrogens with two attached hydrogens (primary N) is 2. The van der Waals surface area contributed by atoms with E-state index in [2.05, 4.69) is 0 Å². The molecule has 0 atom stereocenters. The maximum absolute atomic E-state index is 11.0. The molecular formula is C7H8N4O3. The van der Waals surface area contributed by atoms with Gasteiger partial charge in [-0.15, -0.1) is 0 Å². The number of hydrogen-bond acceptors (Lipinski definition) is 5. The van der Waals surface area contributed by atoms with Crippen molar-refractivity contribution in [3.05, 3.63) is 17.5 Å². The van der Waals surface area contributed by atoms with Crippen LogP contribution in [0.15, 0.2) is 12.3 Å². The maximum Gasteiger partial charge on any atom is 0.224 e. The Morgan fingerprint density at radius 3 is 2.71 bits per heavy atom. The number of aromatic hydroxyl groups is 1. The summed E-state index contributed by atoms with van der Waals surface area (Å²) in [6, 6.07) is 1.22. The Hall–Kier alpha value is -2.31. The Kier molecular flexibility index (Phi) is 1.39. The van der Waals surface area contributed by atoms with E-state index < -0.39 is 0 Å². The van der Waals surface area contributed by atoms with Crippen molar-refractivity contribution in [1.29, 1.82) is 0 Å². The fourth-order valence-electron chi connectivity index (χ4n) is 1.31. The molecule has 1 aromatic heterocycles. The molecule has 0 fully saturated rings. The largest absolute Gasteiger partial charge is 0.594 e. The third-order valence-electron chi connectivity index (χ3n) is 2.02. The molecule has 0 aliphatic carbocycles. The highest BCUT2D eigenvalue weighted by molar-refractivity contribution is 5.98. The normalized spacial score (nSPS) is 10.9. The smallest absolute Gasteiger partial charge is 0.224 e. The molecule has 0 aliphatic rings. The fourth-order valence-corrected chi connectivity index (χ4v) is 1.31. The van der Waals surface area contributed by atoms with Crippen LogP contribution in [0.4, 0.5) is 11.4 Å². The van der Waals surface area contributed by atoms with Crippen molar-refractivity contribution < 1.29 is 15.2 Å². The van der Waals surface area contributed by atoms with E-state index in [0.29, 0.717) is 0 Å². The first-order valence-electron chi connectivity index (χ1n) is 3.73. The van der Waals surface area contributed by atoms with Crippen LogP contribution in [-0.4, -0.2) is 15.2 Å². The highest BCUT2D eigenvalue weighted by Gasteiger charge is 2.18. The molecule has 7 heteroatoms. The van der Waals surface area contributed by atoms with Gasteiger partial charge in [-0.25, -0.2) is 0 Å². The monoisotopic (exact) mass is 196 g/mol. The van der Waals surface area contributed by atoms with E-state index in [-0.39, 0.29) is 37.7 Å².